The van der Waals surface area contributed by atoms with E-state index in [-0.39, 0.29) is 17.1 Å². The molecule has 1 N–H and O–H groups in total. The number of esters is 1. The van der Waals surface area contributed by atoms with Gasteiger partial charge >= 0.3 is 11.9 Å². The first-order valence-electron chi connectivity index (χ1n) is 9.27. The van der Waals surface area contributed by atoms with Crippen LogP contribution in [0.15, 0.2) is 47.4 Å². The van der Waals surface area contributed by atoms with Gasteiger partial charge in [0.2, 0.25) is 0 Å². The summed E-state index contributed by atoms with van der Waals surface area (Å²) >= 11 is 0.734. The van der Waals surface area contributed by atoms with Gasteiger partial charge in [0.05, 0.1) is 24.7 Å². The molecule has 1 aliphatic heterocycles. The Morgan fingerprint density at radius 3 is 2.41 bits per heavy atom. The average Bonchev–Trinajstić information content (AvgIpc) is 3.05. The van der Waals surface area contributed by atoms with E-state index in [1.807, 2.05) is 0 Å². The molecule has 0 spiro atoms. The van der Waals surface area contributed by atoms with Gasteiger partial charge in [-0.2, -0.15) is 0 Å². The van der Waals surface area contributed by atoms with Crippen LogP contribution in [0.25, 0.3) is 6.08 Å². The minimum absolute atomic E-state index is 0.174. The van der Waals surface area contributed by atoms with E-state index < -0.39 is 29.6 Å². The second-order valence-electron chi connectivity index (χ2n) is 6.55. The van der Waals surface area contributed by atoms with E-state index in [2.05, 4.69) is 4.74 Å². The van der Waals surface area contributed by atoms with Crippen molar-refractivity contribution in [3.8, 4) is 11.5 Å². The molecule has 0 bridgehead atoms. The third-order valence-corrected chi connectivity index (χ3v) is 5.38. The highest BCUT2D eigenvalue weighted by Crippen LogP contribution is 2.34. The summed E-state index contributed by atoms with van der Waals surface area (Å²) in [5, 5.41) is 8.41. The standard InChI is InChI=1S/C22H19NO8S/c1-29-17-9-14(10-18-20(25)23(22(28)32-18)11-19(24)30-2)5-8-16(17)31-12-13-3-6-15(7-4-13)21(26)27/h3-10H,11-12H2,1-2H3,(H,26,27). The molecule has 0 atom stereocenters. The molecule has 0 aliphatic carbocycles. The van der Waals surface area contributed by atoms with Gasteiger partial charge in [0.1, 0.15) is 13.2 Å². The van der Waals surface area contributed by atoms with Crippen molar-refractivity contribution in [2.45, 2.75) is 6.61 Å². The van der Waals surface area contributed by atoms with Gasteiger partial charge in [-0.1, -0.05) is 18.2 Å². The predicted molar refractivity (Wildman–Crippen MR) is 115 cm³/mol. The Hall–Kier alpha value is -3.79. The lowest BCUT2D eigenvalue weighted by Gasteiger charge is -2.12. The highest BCUT2D eigenvalue weighted by Gasteiger charge is 2.36. The van der Waals surface area contributed by atoms with Gasteiger partial charge in [-0.3, -0.25) is 19.3 Å². The summed E-state index contributed by atoms with van der Waals surface area (Å²) < 4.78 is 15.6. The molecule has 9 nitrogen and oxygen atoms in total. The summed E-state index contributed by atoms with van der Waals surface area (Å²) in [6, 6.07) is 11.3. The molecule has 166 valence electrons. The molecule has 10 heteroatoms. The molecule has 32 heavy (non-hydrogen) atoms. The predicted octanol–water partition coefficient (Wildman–Crippen LogP) is 3.18. The number of aromatic carboxylic acids is 1. The quantitative estimate of drug-likeness (QED) is 0.471. The Morgan fingerprint density at radius 2 is 1.78 bits per heavy atom. The van der Waals surface area contributed by atoms with Gasteiger partial charge in [-0.25, -0.2) is 4.79 Å². The van der Waals surface area contributed by atoms with E-state index in [0.717, 1.165) is 22.2 Å². The topological polar surface area (TPSA) is 119 Å². The number of ether oxygens (including phenoxy) is 3. The van der Waals surface area contributed by atoms with Gasteiger partial charge in [0.15, 0.2) is 11.5 Å². The molecular formula is C22H19NO8S. The number of carbonyl (C=O) groups is 4. The SMILES string of the molecule is COC(=O)CN1C(=O)SC(=Cc2ccc(OCc3ccc(C(=O)O)cc3)c(OC)c2)C1=O. The molecule has 1 saturated heterocycles. The van der Waals surface area contributed by atoms with Crippen molar-refractivity contribution >= 4 is 40.9 Å². The van der Waals surface area contributed by atoms with Crippen molar-refractivity contribution in [2.24, 2.45) is 0 Å². The smallest absolute Gasteiger partial charge is 0.335 e. The summed E-state index contributed by atoms with van der Waals surface area (Å²) in [6.07, 6.45) is 1.53. The minimum Gasteiger partial charge on any atom is -0.493 e. The summed E-state index contributed by atoms with van der Waals surface area (Å²) in [4.78, 5) is 47.8. The fourth-order valence-electron chi connectivity index (χ4n) is 2.78. The zero-order valence-electron chi connectivity index (χ0n) is 17.2. The lowest BCUT2D eigenvalue weighted by molar-refractivity contribution is -0.143. The maximum atomic E-state index is 12.4. The Morgan fingerprint density at radius 1 is 1.06 bits per heavy atom. The lowest BCUT2D eigenvalue weighted by atomic mass is 10.1. The first-order chi connectivity index (χ1) is 15.3. The molecule has 1 heterocycles. The number of carboxylic acids is 1. The number of methoxy groups -OCH3 is 2. The number of carboxylic acid groups (broad SMARTS) is 1. The maximum Gasteiger partial charge on any atom is 0.335 e. The Bertz CT molecular complexity index is 1090. The van der Waals surface area contributed by atoms with Crippen molar-refractivity contribution in [3.05, 3.63) is 64.1 Å². The van der Waals surface area contributed by atoms with Gasteiger partial charge < -0.3 is 19.3 Å². The van der Waals surface area contributed by atoms with E-state index in [1.165, 1.54) is 32.4 Å². The largest absolute Gasteiger partial charge is 0.493 e. The van der Waals surface area contributed by atoms with Gasteiger partial charge in [-0.15, -0.1) is 0 Å². The van der Waals surface area contributed by atoms with Crippen molar-refractivity contribution in [3.63, 3.8) is 0 Å². The first kappa shape index (κ1) is 22.9. The Labute approximate surface area is 187 Å². The van der Waals surface area contributed by atoms with E-state index in [0.29, 0.717) is 17.1 Å². The van der Waals surface area contributed by atoms with Crippen LogP contribution in [0, 0.1) is 0 Å². The number of rotatable bonds is 8. The monoisotopic (exact) mass is 457 g/mol. The van der Waals surface area contributed by atoms with Crippen LogP contribution in [0.4, 0.5) is 4.79 Å². The molecule has 3 rings (SSSR count). The number of imide groups is 1. The zero-order valence-corrected chi connectivity index (χ0v) is 18.0. The molecule has 0 unspecified atom stereocenters. The first-order valence-corrected chi connectivity index (χ1v) is 10.1. The van der Waals surface area contributed by atoms with Crippen LogP contribution in [0.5, 0.6) is 11.5 Å². The van der Waals surface area contributed by atoms with Gasteiger partial charge in [0.25, 0.3) is 11.1 Å². The highest BCUT2D eigenvalue weighted by atomic mass is 32.2. The summed E-state index contributed by atoms with van der Waals surface area (Å²) in [5.41, 5.74) is 1.57. The van der Waals surface area contributed by atoms with Crippen LogP contribution in [-0.4, -0.2) is 53.9 Å². The molecule has 0 aromatic heterocycles. The minimum atomic E-state index is -1.00. The molecule has 1 aliphatic rings. The Kier molecular flexibility index (Phi) is 7.16. The van der Waals surface area contributed by atoms with Crippen molar-refractivity contribution in [1.29, 1.82) is 0 Å². The van der Waals surface area contributed by atoms with Crippen molar-refractivity contribution in [1.82, 2.24) is 4.90 Å². The van der Waals surface area contributed by atoms with E-state index in [4.69, 9.17) is 14.6 Å². The number of nitrogens with zero attached hydrogens (tertiary/aromatic N) is 1. The second kappa shape index (κ2) is 10.0. The average molecular weight is 457 g/mol. The third kappa shape index (κ3) is 5.27. The van der Waals surface area contributed by atoms with Crippen LogP contribution < -0.4 is 9.47 Å². The molecular weight excluding hydrogens is 438 g/mol. The second-order valence-corrected chi connectivity index (χ2v) is 7.54. The number of amides is 2. The fraction of sp³-hybridized carbons (Fsp3) is 0.182. The molecule has 1 fully saturated rings. The van der Waals surface area contributed by atoms with E-state index in [1.54, 1.807) is 30.3 Å². The Balaban J connectivity index is 1.72. The van der Waals surface area contributed by atoms with Gasteiger partial charge in [0, 0.05) is 0 Å². The highest BCUT2D eigenvalue weighted by molar-refractivity contribution is 8.18. The number of carbonyl (C=O) groups excluding carboxylic acids is 3. The van der Waals surface area contributed by atoms with Crippen molar-refractivity contribution < 1.29 is 38.5 Å². The summed E-state index contributed by atoms with van der Waals surface area (Å²) in [5.74, 6) is -1.40. The maximum absolute atomic E-state index is 12.4. The number of hydrogen-bond acceptors (Lipinski definition) is 8. The normalized spacial score (nSPS) is 14.6. The molecule has 0 saturated carbocycles. The number of thioether (sulfide) groups is 1. The molecule has 2 aromatic rings. The molecule has 2 amide bonds. The van der Waals surface area contributed by atoms with Crippen LogP contribution >= 0.6 is 11.8 Å². The molecule has 0 radical (unpaired) electrons. The van der Waals surface area contributed by atoms with Crippen LogP contribution in [0.2, 0.25) is 0 Å². The summed E-state index contributed by atoms with van der Waals surface area (Å²) in [7, 11) is 2.65. The number of hydrogen-bond donors (Lipinski definition) is 1. The van der Waals surface area contributed by atoms with Gasteiger partial charge in [-0.05, 0) is 53.2 Å². The zero-order chi connectivity index (χ0) is 23.3. The lowest BCUT2D eigenvalue weighted by Crippen LogP contribution is -2.34. The van der Waals surface area contributed by atoms with E-state index >= 15 is 0 Å². The van der Waals surface area contributed by atoms with Crippen LogP contribution in [0.3, 0.4) is 0 Å². The number of benzene rings is 2. The summed E-state index contributed by atoms with van der Waals surface area (Å²) in [6.45, 7) is -0.246. The van der Waals surface area contributed by atoms with Crippen LogP contribution in [0.1, 0.15) is 21.5 Å². The fourth-order valence-corrected chi connectivity index (χ4v) is 3.62. The molecule has 2 aromatic carbocycles. The van der Waals surface area contributed by atoms with Crippen molar-refractivity contribution in [2.75, 3.05) is 20.8 Å². The van der Waals surface area contributed by atoms with E-state index in [9.17, 15) is 19.2 Å². The van der Waals surface area contributed by atoms with Crippen LogP contribution in [-0.2, 0) is 20.9 Å². The third-order valence-electron chi connectivity index (χ3n) is 4.47.